The third kappa shape index (κ3) is 5.73. The average Bonchev–Trinajstić information content (AvgIpc) is 2.87. The van der Waals surface area contributed by atoms with E-state index in [1.165, 1.54) is 0 Å². The highest BCUT2D eigenvalue weighted by Crippen LogP contribution is 2.30. The van der Waals surface area contributed by atoms with Gasteiger partial charge in [0.2, 0.25) is 5.91 Å². The van der Waals surface area contributed by atoms with Crippen LogP contribution < -0.4 is 10.6 Å². The number of carbonyl (C=O) groups excluding carboxylic acids is 1. The standard InChI is InChI=1S/C29H27N3O3/c1-19-18-30-20(2)17-25(19)21-13-15-24(16-14-21)31-28(33)27(32-29(34)35)26(22-9-5-3-6-10-22)23-11-7-4-8-12-23/h3-18,26-27,32H,1-2H3,(H,31,33)(H,34,35). The summed E-state index contributed by atoms with van der Waals surface area (Å²) in [7, 11) is 0. The Morgan fingerprint density at radius 2 is 1.40 bits per heavy atom. The maximum absolute atomic E-state index is 13.4. The van der Waals surface area contributed by atoms with Crippen molar-refractivity contribution < 1.29 is 14.7 Å². The molecule has 0 aliphatic heterocycles. The maximum atomic E-state index is 13.4. The van der Waals surface area contributed by atoms with E-state index in [0.29, 0.717) is 5.69 Å². The summed E-state index contributed by atoms with van der Waals surface area (Å²) in [4.78, 5) is 29.5. The SMILES string of the molecule is Cc1cc(-c2ccc(NC(=O)C(NC(=O)O)C(c3ccccc3)c3ccccc3)cc2)c(C)cn1. The number of nitrogens with zero attached hydrogens (tertiary/aromatic N) is 1. The molecule has 3 aromatic carbocycles. The van der Waals surface area contributed by atoms with Crippen molar-refractivity contribution in [1.29, 1.82) is 0 Å². The minimum Gasteiger partial charge on any atom is -0.465 e. The van der Waals surface area contributed by atoms with Crippen molar-refractivity contribution in [2.24, 2.45) is 0 Å². The number of benzene rings is 3. The molecule has 3 N–H and O–H groups in total. The normalized spacial score (nSPS) is 11.6. The molecule has 1 heterocycles. The van der Waals surface area contributed by atoms with E-state index in [9.17, 15) is 14.7 Å². The number of nitrogens with one attached hydrogen (secondary N) is 2. The van der Waals surface area contributed by atoms with Crippen LogP contribution in [0.5, 0.6) is 0 Å². The maximum Gasteiger partial charge on any atom is 0.405 e. The number of anilines is 1. The second-order valence-corrected chi connectivity index (χ2v) is 8.43. The smallest absolute Gasteiger partial charge is 0.405 e. The van der Waals surface area contributed by atoms with E-state index < -0.39 is 24.0 Å². The monoisotopic (exact) mass is 465 g/mol. The molecule has 35 heavy (non-hydrogen) atoms. The summed E-state index contributed by atoms with van der Waals surface area (Å²) in [6.45, 7) is 3.95. The van der Waals surface area contributed by atoms with Crippen LogP contribution in [0.3, 0.4) is 0 Å². The first-order chi connectivity index (χ1) is 16.9. The second kappa shape index (κ2) is 10.7. The molecule has 0 saturated heterocycles. The zero-order valence-electron chi connectivity index (χ0n) is 19.6. The Labute approximate surface area is 204 Å². The van der Waals surface area contributed by atoms with Gasteiger partial charge in [0.1, 0.15) is 6.04 Å². The molecule has 1 atom stereocenters. The average molecular weight is 466 g/mol. The van der Waals surface area contributed by atoms with Crippen molar-refractivity contribution in [3.8, 4) is 11.1 Å². The van der Waals surface area contributed by atoms with Gasteiger partial charge in [-0.3, -0.25) is 9.78 Å². The van der Waals surface area contributed by atoms with Gasteiger partial charge in [-0.15, -0.1) is 0 Å². The van der Waals surface area contributed by atoms with Gasteiger partial charge in [-0.2, -0.15) is 0 Å². The van der Waals surface area contributed by atoms with Gasteiger partial charge in [0.25, 0.3) is 0 Å². The van der Waals surface area contributed by atoms with Crippen LogP contribution in [-0.4, -0.2) is 28.1 Å². The van der Waals surface area contributed by atoms with Crippen molar-refractivity contribution in [3.63, 3.8) is 0 Å². The lowest BCUT2D eigenvalue weighted by Gasteiger charge is -2.27. The van der Waals surface area contributed by atoms with Crippen LogP contribution in [0.4, 0.5) is 10.5 Å². The minimum atomic E-state index is -1.26. The van der Waals surface area contributed by atoms with Crippen LogP contribution in [0.15, 0.2) is 97.2 Å². The van der Waals surface area contributed by atoms with Gasteiger partial charge >= 0.3 is 6.09 Å². The summed E-state index contributed by atoms with van der Waals surface area (Å²) in [6.07, 6.45) is 0.580. The molecule has 176 valence electrons. The van der Waals surface area contributed by atoms with Crippen LogP contribution in [0.25, 0.3) is 11.1 Å². The first kappa shape index (κ1) is 23.7. The van der Waals surface area contributed by atoms with E-state index >= 15 is 0 Å². The molecule has 2 amide bonds. The van der Waals surface area contributed by atoms with Gasteiger partial charge < -0.3 is 15.7 Å². The number of hydrogen-bond acceptors (Lipinski definition) is 3. The number of aromatic nitrogens is 1. The van der Waals surface area contributed by atoms with Gasteiger partial charge in [-0.25, -0.2) is 4.79 Å². The van der Waals surface area contributed by atoms with E-state index in [0.717, 1.165) is 33.5 Å². The van der Waals surface area contributed by atoms with E-state index in [2.05, 4.69) is 15.6 Å². The van der Waals surface area contributed by atoms with Gasteiger partial charge in [-0.05, 0) is 59.9 Å². The fourth-order valence-corrected chi connectivity index (χ4v) is 4.22. The molecule has 0 radical (unpaired) electrons. The molecule has 4 rings (SSSR count). The van der Waals surface area contributed by atoms with Crippen LogP contribution >= 0.6 is 0 Å². The van der Waals surface area contributed by atoms with Gasteiger partial charge in [0, 0.05) is 23.5 Å². The van der Waals surface area contributed by atoms with Crippen molar-refractivity contribution in [2.75, 3.05) is 5.32 Å². The molecule has 0 spiro atoms. The lowest BCUT2D eigenvalue weighted by molar-refractivity contribution is -0.118. The molecule has 4 aromatic rings. The predicted molar refractivity (Wildman–Crippen MR) is 137 cm³/mol. The van der Waals surface area contributed by atoms with Crippen molar-refractivity contribution in [3.05, 3.63) is 120 Å². The summed E-state index contributed by atoms with van der Waals surface area (Å²) in [5.74, 6) is -0.941. The number of pyridine rings is 1. The second-order valence-electron chi connectivity index (χ2n) is 8.43. The molecule has 0 fully saturated rings. The van der Waals surface area contributed by atoms with Crippen LogP contribution in [0.2, 0.25) is 0 Å². The molecule has 6 nitrogen and oxygen atoms in total. The Balaban J connectivity index is 1.63. The molecule has 1 aromatic heterocycles. The molecule has 0 aliphatic carbocycles. The zero-order chi connectivity index (χ0) is 24.8. The van der Waals surface area contributed by atoms with Gasteiger partial charge in [-0.1, -0.05) is 72.8 Å². The zero-order valence-corrected chi connectivity index (χ0v) is 19.6. The first-order valence-corrected chi connectivity index (χ1v) is 11.4. The van der Waals surface area contributed by atoms with Crippen molar-refractivity contribution in [2.45, 2.75) is 25.8 Å². The van der Waals surface area contributed by atoms with E-state index in [4.69, 9.17) is 0 Å². The lowest BCUT2D eigenvalue weighted by Crippen LogP contribution is -2.47. The molecule has 6 heteroatoms. The Kier molecular flexibility index (Phi) is 7.21. The topological polar surface area (TPSA) is 91.3 Å². The highest BCUT2D eigenvalue weighted by atomic mass is 16.4. The molecule has 0 bridgehead atoms. The summed E-state index contributed by atoms with van der Waals surface area (Å²) in [5.41, 5.74) is 6.34. The van der Waals surface area contributed by atoms with E-state index in [1.54, 1.807) is 0 Å². The molecular weight excluding hydrogens is 438 g/mol. The number of aryl methyl sites for hydroxylation is 2. The number of hydrogen-bond donors (Lipinski definition) is 3. The summed E-state index contributed by atoms with van der Waals surface area (Å²) >= 11 is 0. The predicted octanol–water partition coefficient (Wildman–Crippen LogP) is 5.77. The van der Waals surface area contributed by atoms with Gasteiger partial charge in [0.05, 0.1) is 0 Å². The third-order valence-corrected chi connectivity index (χ3v) is 5.92. The Bertz CT molecular complexity index is 1270. The molecular formula is C29H27N3O3. The van der Waals surface area contributed by atoms with Crippen LogP contribution in [0.1, 0.15) is 28.3 Å². The highest BCUT2D eigenvalue weighted by molar-refractivity contribution is 5.97. The van der Waals surface area contributed by atoms with Crippen molar-refractivity contribution >= 4 is 17.7 Å². The quantitative estimate of drug-likeness (QED) is 0.323. The van der Waals surface area contributed by atoms with Crippen LogP contribution in [-0.2, 0) is 4.79 Å². The Hall–Kier alpha value is -4.45. The van der Waals surface area contributed by atoms with Crippen LogP contribution in [0, 0.1) is 13.8 Å². The molecule has 1 unspecified atom stereocenters. The molecule has 0 aliphatic rings. The van der Waals surface area contributed by atoms with Gasteiger partial charge in [0.15, 0.2) is 0 Å². The number of carbonyl (C=O) groups is 2. The first-order valence-electron chi connectivity index (χ1n) is 11.4. The Morgan fingerprint density at radius 3 is 1.94 bits per heavy atom. The van der Waals surface area contributed by atoms with Crippen molar-refractivity contribution in [1.82, 2.24) is 10.3 Å². The number of carboxylic acid groups (broad SMARTS) is 1. The van der Waals surface area contributed by atoms with E-state index in [1.807, 2.05) is 111 Å². The fourth-order valence-electron chi connectivity index (χ4n) is 4.22. The fraction of sp³-hybridized carbons (Fsp3) is 0.138. The summed E-state index contributed by atoms with van der Waals surface area (Å²) < 4.78 is 0. The third-order valence-electron chi connectivity index (χ3n) is 5.92. The summed E-state index contributed by atoms with van der Waals surface area (Å²) in [5, 5.41) is 14.9. The highest BCUT2D eigenvalue weighted by Gasteiger charge is 2.32. The lowest BCUT2D eigenvalue weighted by atomic mass is 9.84. The Morgan fingerprint density at radius 1 is 0.829 bits per heavy atom. The minimum absolute atomic E-state index is 0.436. The number of amides is 2. The number of rotatable bonds is 7. The summed E-state index contributed by atoms with van der Waals surface area (Å²) in [6, 6.07) is 27.4. The molecule has 0 saturated carbocycles. The largest absolute Gasteiger partial charge is 0.465 e. The van der Waals surface area contributed by atoms with E-state index in [-0.39, 0.29) is 0 Å².